The monoisotopic (exact) mass is 155 g/mol. The molecule has 1 aliphatic heterocycles. The highest BCUT2D eigenvalue weighted by molar-refractivity contribution is 5.80. The van der Waals surface area contributed by atoms with Crippen molar-refractivity contribution < 1.29 is 9.63 Å². The largest absolute Gasteiger partial charge is 0.272 e. The summed E-state index contributed by atoms with van der Waals surface area (Å²) in [6, 6.07) is 0. The van der Waals surface area contributed by atoms with Gasteiger partial charge in [-0.2, -0.15) is 5.06 Å². The molecular formula is C8H13NO2. The van der Waals surface area contributed by atoms with E-state index in [-0.39, 0.29) is 5.91 Å². The minimum Gasteiger partial charge on any atom is -0.272 e. The van der Waals surface area contributed by atoms with Crippen molar-refractivity contribution in [3.8, 4) is 0 Å². The van der Waals surface area contributed by atoms with Crippen molar-refractivity contribution in [2.75, 3.05) is 7.11 Å². The lowest BCUT2D eigenvalue weighted by atomic mass is 10.3. The third-order valence-corrected chi connectivity index (χ3v) is 1.70. The Kier molecular flexibility index (Phi) is 2.65. The van der Waals surface area contributed by atoms with Crippen molar-refractivity contribution >= 4 is 5.91 Å². The van der Waals surface area contributed by atoms with E-state index < -0.39 is 0 Å². The van der Waals surface area contributed by atoms with Crippen molar-refractivity contribution in [2.45, 2.75) is 26.2 Å². The van der Waals surface area contributed by atoms with E-state index in [1.54, 1.807) is 0 Å². The summed E-state index contributed by atoms with van der Waals surface area (Å²) < 4.78 is 0. The van der Waals surface area contributed by atoms with Gasteiger partial charge in [0, 0.05) is 12.1 Å². The molecule has 0 aliphatic carbocycles. The van der Waals surface area contributed by atoms with Gasteiger partial charge in [-0.1, -0.05) is 13.0 Å². The predicted octanol–water partition coefficient (Wildman–Crippen LogP) is 1.46. The van der Waals surface area contributed by atoms with Crippen molar-refractivity contribution in [2.24, 2.45) is 0 Å². The van der Waals surface area contributed by atoms with E-state index in [0.717, 1.165) is 18.5 Å². The molecule has 0 saturated carbocycles. The molecular weight excluding hydrogens is 142 g/mol. The molecule has 0 spiro atoms. The summed E-state index contributed by atoms with van der Waals surface area (Å²) in [5.41, 5.74) is 1.00. The molecule has 1 rings (SSSR count). The second-order valence-electron chi connectivity index (χ2n) is 2.47. The van der Waals surface area contributed by atoms with E-state index in [2.05, 4.69) is 0 Å². The maximum Gasteiger partial charge on any atom is 0.250 e. The molecule has 1 aliphatic rings. The van der Waals surface area contributed by atoms with Crippen molar-refractivity contribution in [1.82, 2.24) is 5.06 Å². The molecule has 1 heterocycles. The van der Waals surface area contributed by atoms with Gasteiger partial charge in [0.05, 0.1) is 7.11 Å². The lowest BCUT2D eigenvalue weighted by Gasteiger charge is -2.13. The van der Waals surface area contributed by atoms with E-state index in [1.807, 2.05) is 13.0 Å². The van der Waals surface area contributed by atoms with E-state index in [1.165, 1.54) is 12.2 Å². The van der Waals surface area contributed by atoms with Crippen molar-refractivity contribution in [3.05, 3.63) is 11.8 Å². The molecule has 11 heavy (non-hydrogen) atoms. The standard InChI is InChI=1S/C8H13NO2/c1-3-4-7-5-6-8(10)9(7)11-2/h4H,3,5-6H2,1-2H3/b7-4-. The van der Waals surface area contributed by atoms with Gasteiger partial charge in [0.2, 0.25) is 0 Å². The van der Waals surface area contributed by atoms with Crippen LogP contribution in [0.2, 0.25) is 0 Å². The van der Waals surface area contributed by atoms with Gasteiger partial charge in [0.1, 0.15) is 0 Å². The van der Waals surface area contributed by atoms with Gasteiger partial charge in [-0.15, -0.1) is 0 Å². The molecule has 3 nitrogen and oxygen atoms in total. The number of hydrogen-bond acceptors (Lipinski definition) is 2. The molecule has 0 aromatic heterocycles. The molecule has 1 saturated heterocycles. The van der Waals surface area contributed by atoms with Crippen LogP contribution in [-0.2, 0) is 9.63 Å². The van der Waals surface area contributed by atoms with Gasteiger partial charge < -0.3 is 0 Å². The summed E-state index contributed by atoms with van der Waals surface area (Å²) in [5.74, 6) is 0.0622. The van der Waals surface area contributed by atoms with Crippen LogP contribution in [0.3, 0.4) is 0 Å². The van der Waals surface area contributed by atoms with E-state index in [9.17, 15) is 4.79 Å². The summed E-state index contributed by atoms with van der Waals surface area (Å²) in [7, 11) is 1.52. The topological polar surface area (TPSA) is 29.5 Å². The van der Waals surface area contributed by atoms with Crippen LogP contribution in [0.1, 0.15) is 26.2 Å². The quantitative estimate of drug-likeness (QED) is 0.604. The normalized spacial score (nSPS) is 21.8. The Balaban J connectivity index is 2.68. The Morgan fingerprint density at radius 1 is 1.64 bits per heavy atom. The fourth-order valence-electron chi connectivity index (χ4n) is 1.24. The molecule has 0 aromatic carbocycles. The maximum absolute atomic E-state index is 11.1. The van der Waals surface area contributed by atoms with Crippen molar-refractivity contribution in [3.63, 3.8) is 0 Å². The highest BCUT2D eigenvalue weighted by Crippen LogP contribution is 2.22. The molecule has 0 N–H and O–H groups in total. The first kappa shape index (κ1) is 8.27. The van der Waals surface area contributed by atoms with Crippen LogP contribution in [0.4, 0.5) is 0 Å². The van der Waals surface area contributed by atoms with Gasteiger partial charge in [0.15, 0.2) is 0 Å². The van der Waals surface area contributed by atoms with Gasteiger partial charge >= 0.3 is 0 Å². The SMILES string of the molecule is CC/C=C1/CCC(=O)N1OC. The van der Waals surface area contributed by atoms with Gasteiger partial charge in [-0.25, -0.2) is 0 Å². The zero-order valence-corrected chi connectivity index (χ0v) is 6.96. The van der Waals surface area contributed by atoms with Crippen LogP contribution >= 0.6 is 0 Å². The molecule has 0 bridgehead atoms. The molecule has 1 amide bonds. The Morgan fingerprint density at radius 3 is 2.91 bits per heavy atom. The first-order valence-corrected chi connectivity index (χ1v) is 3.85. The van der Waals surface area contributed by atoms with Crippen molar-refractivity contribution in [1.29, 1.82) is 0 Å². The minimum absolute atomic E-state index is 0.0622. The molecule has 62 valence electrons. The van der Waals surface area contributed by atoms with Gasteiger partial charge in [-0.05, 0) is 12.8 Å². The zero-order valence-electron chi connectivity index (χ0n) is 6.96. The van der Waals surface area contributed by atoms with Gasteiger partial charge in [0.25, 0.3) is 5.91 Å². The lowest BCUT2D eigenvalue weighted by Crippen LogP contribution is -2.21. The van der Waals surface area contributed by atoms with E-state index >= 15 is 0 Å². The molecule has 1 fully saturated rings. The minimum atomic E-state index is 0.0622. The summed E-state index contributed by atoms with van der Waals surface area (Å²) in [5, 5.41) is 1.38. The first-order valence-electron chi connectivity index (χ1n) is 3.85. The summed E-state index contributed by atoms with van der Waals surface area (Å²) >= 11 is 0. The second-order valence-corrected chi connectivity index (χ2v) is 2.47. The summed E-state index contributed by atoms with van der Waals surface area (Å²) in [4.78, 5) is 16.0. The van der Waals surface area contributed by atoms with Crippen LogP contribution < -0.4 is 0 Å². The number of carbonyl (C=O) groups excluding carboxylic acids is 1. The van der Waals surface area contributed by atoms with Crippen LogP contribution in [0.15, 0.2) is 11.8 Å². The third kappa shape index (κ3) is 1.60. The Labute approximate surface area is 66.6 Å². The highest BCUT2D eigenvalue weighted by Gasteiger charge is 2.24. The molecule has 0 unspecified atom stereocenters. The number of amides is 1. The van der Waals surface area contributed by atoms with Crippen LogP contribution in [0.25, 0.3) is 0 Å². The van der Waals surface area contributed by atoms with E-state index in [0.29, 0.717) is 6.42 Å². The molecule has 3 heteroatoms. The Morgan fingerprint density at radius 2 is 2.36 bits per heavy atom. The summed E-state index contributed by atoms with van der Waals surface area (Å²) in [6.07, 6.45) is 4.37. The third-order valence-electron chi connectivity index (χ3n) is 1.70. The average molecular weight is 155 g/mol. The fourth-order valence-corrected chi connectivity index (χ4v) is 1.24. The number of hydroxylamine groups is 2. The maximum atomic E-state index is 11.1. The number of allylic oxidation sites excluding steroid dienone is 2. The zero-order chi connectivity index (χ0) is 8.27. The molecule has 0 atom stereocenters. The number of rotatable bonds is 2. The Hall–Kier alpha value is -0.830. The van der Waals surface area contributed by atoms with Crippen LogP contribution in [-0.4, -0.2) is 18.1 Å². The second kappa shape index (κ2) is 3.53. The van der Waals surface area contributed by atoms with Crippen LogP contribution in [0, 0.1) is 0 Å². The average Bonchev–Trinajstić information content (AvgIpc) is 2.33. The number of hydrogen-bond donors (Lipinski definition) is 0. The lowest BCUT2D eigenvalue weighted by molar-refractivity contribution is -0.159. The van der Waals surface area contributed by atoms with Crippen LogP contribution in [0.5, 0.6) is 0 Å². The van der Waals surface area contributed by atoms with E-state index in [4.69, 9.17) is 4.84 Å². The first-order chi connectivity index (χ1) is 5.29. The summed E-state index contributed by atoms with van der Waals surface area (Å²) in [6.45, 7) is 2.05. The van der Waals surface area contributed by atoms with Gasteiger partial charge in [-0.3, -0.25) is 9.63 Å². The smallest absolute Gasteiger partial charge is 0.250 e. The fraction of sp³-hybridized carbons (Fsp3) is 0.625. The predicted molar refractivity (Wildman–Crippen MR) is 41.5 cm³/mol. The Bertz CT molecular complexity index is 187. The number of nitrogens with zero attached hydrogens (tertiary/aromatic N) is 1. The molecule has 0 aromatic rings. The highest BCUT2D eigenvalue weighted by atomic mass is 16.7. The molecule has 0 radical (unpaired) electrons. The number of carbonyl (C=O) groups is 1.